The smallest absolute Gasteiger partial charge is 0.332 e. The number of nitrogens with zero attached hydrogens (tertiary/aromatic N) is 3. The Kier molecular flexibility index (Phi) is 5.03. The molecule has 1 N–H and O–H groups in total. The molecule has 30 heavy (non-hydrogen) atoms. The number of aromatic nitrogens is 3. The molecule has 4 aromatic rings. The van der Waals surface area contributed by atoms with Crippen LogP contribution in [0.4, 0.5) is 0 Å². The van der Waals surface area contributed by atoms with Crippen LogP contribution in [0, 0.1) is 13.8 Å². The molecular formula is C22H21N3O4S. The summed E-state index contributed by atoms with van der Waals surface area (Å²) in [6.07, 6.45) is 0.126. The number of para-hydroxylation sites is 1. The van der Waals surface area contributed by atoms with Gasteiger partial charge in [0.2, 0.25) is 0 Å². The number of carbonyl (C=O) groups is 1. The minimum absolute atomic E-state index is 0.126. The van der Waals surface area contributed by atoms with Gasteiger partial charge >= 0.3 is 11.7 Å². The van der Waals surface area contributed by atoms with E-state index in [1.807, 2.05) is 13.8 Å². The Balaban J connectivity index is 2.01. The van der Waals surface area contributed by atoms with E-state index in [4.69, 9.17) is 0 Å². The first-order chi connectivity index (χ1) is 14.3. The molecule has 0 aliphatic carbocycles. The monoisotopic (exact) mass is 423 g/mol. The first kappa shape index (κ1) is 20.0. The SMILES string of the molecule is CCC(C(=O)O)n1c(=O)c2ccccc2n(Cc2nsc3cc(C)cc(C)c23)c1=O. The molecular weight excluding hydrogens is 402 g/mol. The lowest BCUT2D eigenvalue weighted by Gasteiger charge is -2.17. The van der Waals surface area contributed by atoms with Gasteiger partial charge < -0.3 is 5.11 Å². The number of aliphatic carboxylic acids is 1. The highest BCUT2D eigenvalue weighted by atomic mass is 32.1. The molecule has 0 fully saturated rings. The maximum absolute atomic E-state index is 13.3. The molecule has 2 heterocycles. The lowest BCUT2D eigenvalue weighted by Crippen LogP contribution is -2.44. The Morgan fingerprint density at radius 2 is 1.93 bits per heavy atom. The molecule has 2 aromatic heterocycles. The van der Waals surface area contributed by atoms with E-state index in [1.165, 1.54) is 16.1 Å². The van der Waals surface area contributed by atoms with Gasteiger partial charge in [0.1, 0.15) is 6.04 Å². The number of hydrogen-bond donors (Lipinski definition) is 1. The molecule has 0 amide bonds. The summed E-state index contributed by atoms with van der Waals surface area (Å²) >= 11 is 1.37. The molecule has 0 spiro atoms. The van der Waals surface area contributed by atoms with E-state index in [0.29, 0.717) is 10.9 Å². The zero-order chi connectivity index (χ0) is 21.6. The molecule has 1 atom stereocenters. The molecule has 0 aliphatic rings. The molecule has 0 saturated carbocycles. The lowest BCUT2D eigenvalue weighted by molar-refractivity contribution is -0.141. The van der Waals surface area contributed by atoms with Gasteiger partial charge in [0, 0.05) is 5.39 Å². The molecule has 0 saturated heterocycles. The minimum atomic E-state index is -1.22. The molecule has 1 unspecified atom stereocenters. The highest BCUT2D eigenvalue weighted by molar-refractivity contribution is 7.13. The minimum Gasteiger partial charge on any atom is -0.480 e. The summed E-state index contributed by atoms with van der Waals surface area (Å²) in [6.45, 7) is 5.83. The van der Waals surface area contributed by atoms with Crippen molar-refractivity contribution in [3.8, 4) is 0 Å². The van der Waals surface area contributed by atoms with E-state index < -0.39 is 23.3 Å². The molecule has 0 bridgehead atoms. The number of hydrogen-bond acceptors (Lipinski definition) is 5. The van der Waals surface area contributed by atoms with Crippen LogP contribution in [0.25, 0.3) is 21.0 Å². The average Bonchev–Trinajstić information content (AvgIpc) is 3.10. The van der Waals surface area contributed by atoms with Gasteiger partial charge in [-0.15, -0.1) is 0 Å². The number of carboxylic acids is 1. The Morgan fingerprint density at radius 3 is 2.63 bits per heavy atom. The average molecular weight is 423 g/mol. The maximum Gasteiger partial charge on any atom is 0.332 e. The Morgan fingerprint density at radius 1 is 1.20 bits per heavy atom. The van der Waals surface area contributed by atoms with Gasteiger partial charge in [-0.25, -0.2) is 14.2 Å². The topological polar surface area (TPSA) is 94.2 Å². The van der Waals surface area contributed by atoms with Gasteiger partial charge in [-0.2, -0.15) is 4.37 Å². The molecule has 4 rings (SSSR count). The van der Waals surface area contributed by atoms with Crippen molar-refractivity contribution in [2.75, 3.05) is 0 Å². The molecule has 8 heteroatoms. The van der Waals surface area contributed by atoms with Crippen LogP contribution in [-0.4, -0.2) is 24.6 Å². The summed E-state index contributed by atoms with van der Waals surface area (Å²) < 4.78 is 7.92. The van der Waals surface area contributed by atoms with Crippen molar-refractivity contribution >= 4 is 38.5 Å². The van der Waals surface area contributed by atoms with Crippen LogP contribution >= 0.6 is 11.5 Å². The summed E-state index contributed by atoms with van der Waals surface area (Å²) in [7, 11) is 0. The Labute approximate surface area is 176 Å². The van der Waals surface area contributed by atoms with Gasteiger partial charge in [0.15, 0.2) is 0 Å². The van der Waals surface area contributed by atoms with Gasteiger partial charge in [0.05, 0.1) is 27.8 Å². The van der Waals surface area contributed by atoms with Crippen LogP contribution < -0.4 is 11.2 Å². The zero-order valence-corrected chi connectivity index (χ0v) is 17.7. The third kappa shape index (κ3) is 3.13. The number of benzene rings is 2. The summed E-state index contributed by atoms with van der Waals surface area (Å²) in [5, 5.41) is 10.9. The van der Waals surface area contributed by atoms with Crippen molar-refractivity contribution in [1.82, 2.24) is 13.5 Å². The van der Waals surface area contributed by atoms with E-state index in [2.05, 4.69) is 16.5 Å². The summed E-state index contributed by atoms with van der Waals surface area (Å²) in [6, 6.07) is 9.68. The third-order valence-electron chi connectivity index (χ3n) is 5.36. The van der Waals surface area contributed by atoms with Crippen molar-refractivity contribution in [2.45, 2.75) is 39.8 Å². The van der Waals surface area contributed by atoms with E-state index in [0.717, 1.165) is 31.5 Å². The second kappa shape index (κ2) is 7.53. The van der Waals surface area contributed by atoms with Crippen LogP contribution in [0.1, 0.15) is 36.2 Å². The van der Waals surface area contributed by atoms with Crippen LogP contribution in [0.2, 0.25) is 0 Å². The fourth-order valence-electron chi connectivity index (χ4n) is 4.01. The van der Waals surface area contributed by atoms with E-state index in [9.17, 15) is 19.5 Å². The third-order valence-corrected chi connectivity index (χ3v) is 6.19. The number of aryl methyl sites for hydroxylation is 2. The summed E-state index contributed by atoms with van der Waals surface area (Å²) in [5.74, 6) is -1.20. The van der Waals surface area contributed by atoms with Crippen LogP contribution in [0.5, 0.6) is 0 Å². The van der Waals surface area contributed by atoms with Gasteiger partial charge in [-0.1, -0.05) is 25.1 Å². The first-order valence-corrected chi connectivity index (χ1v) is 10.4. The van der Waals surface area contributed by atoms with Gasteiger partial charge in [-0.05, 0) is 61.1 Å². The summed E-state index contributed by atoms with van der Waals surface area (Å²) in [5.41, 5.74) is 2.17. The van der Waals surface area contributed by atoms with Crippen molar-refractivity contribution in [3.63, 3.8) is 0 Å². The Bertz CT molecular complexity index is 1410. The molecule has 0 radical (unpaired) electrons. The van der Waals surface area contributed by atoms with Crippen LogP contribution in [0.3, 0.4) is 0 Å². The quantitative estimate of drug-likeness (QED) is 0.530. The highest BCUT2D eigenvalue weighted by Gasteiger charge is 2.25. The van der Waals surface area contributed by atoms with Crippen molar-refractivity contribution in [2.24, 2.45) is 0 Å². The van der Waals surface area contributed by atoms with Gasteiger partial charge in [0.25, 0.3) is 5.56 Å². The number of fused-ring (bicyclic) bond motifs is 2. The molecule has 0 aliphatic heterocycles. The van der Waals surface area contributed by atoms with Crippen molar-refractivity contribution in [3.05, 3.63) is 74.1 Å². The van der Waals surface area contributed by atoms with Crippen molar-refractivity contribution in [1.29, 1.82) is 0 Å². The summed E-state index contributed by atoms with van der Waals surface area (Å²) in [4.78, 5) is 38.1. The second-order valence-corrected chi connectivity index (χ2v) is 8.21. The van der Waals surface area contributed by atoms with Crippen LogP contribution in [-0.2, 0) is 11.3 Å². The second-order valence-electron chi connectivity index (χ2n) is 7.41. The van der Waals surface area contributed by atoms with E-state index in [-0.39, 0.29) is 13.0 Å². The predicted octanol–water partition coefficient (Wildman–Crippen LogP) is 3.47. The first-order valence-electron chi connectivity index (χ1n) is 9.65. The van der Waals surface area contributed by atoms with E-state index >= 15 is 0 Å². The standard InChI is InChI=1S/C22H21N3O4S/c1-4-16(21(27)28)25-20(26)14-7-5-6-8-17(14)24(22(25)29)11-15-19-13(3)9-12(2)10-18(19)30-23-15/h5-10,16H,4,11H2,1-3H3,(H,27,28). The maximum atomic E-state index is 13.3. The molecule has 7 nitrogen and oxygen atoms in total. The molecule has 154 valence electrons. The molecule has 2 aromatic carbocycles. The largest absolute Gasteiger partial charge is 0.480 e. The highest BCUT2D eigenvalue weighted by Crippen LogP contribution is 2.28. The lowest BCUT2D eigenvalue weighted by atomic mass is 10.1. The van der Waals surface area contributed by atoms with Crippen LogP contribution in [0.15, 0.2) is 46.0 Å². The normalized spacial score (nSPS) is 12.5. The van der Waals surface area contributed by atoms with E-state index in [1.54, 1.807) is 31.2 Å². The number of carboxylic acid groups (broad SMARTS) is 1. The predicted molar refractivity (Wildman–Crippen MR) is 118 cm³/mol. The number of rotatable bonds is 5. The fraction of sp³-hybridized carbons (Fsp3) is 0.273. The van der Waals surface area contributed by atoms with Gasteiger partial charge in [-0.3, -0.25) is 9.36 Å². The Hall–Kier alpha value is -3.26. The zero-order valence-electron chi connectivity index (χ0n) is 16.9. The fourth-order valence-corrected chi connectivity index (χ4v) is 4.98. The van der Waals surface area contributed by atoms with Crippen molar-refractivity contribution < 1.29 is 9.90 Å².